The number of H-pyrrole nitrogens is 1. The van der Waals surface area contributed by atoms with Gasteiger partial charge in [-0.25, -0.2) is 13.1 Å². The van der Waals surface area contributed by atoms with Gasteiger partial charge in [0.2, 0.25) is 10.0 Å². The third-order valence-electron chi connectivity index (χ3n) is 5.29. The monoisotopic (exact) mass is 385 g/mol. The fourth-order valence-corrected chi connectivity index (χ4v) is 4.36. The maximum Gasteiger partial charge on any atom is 0.211 e. The first-order valence-corrected chi connectivity index (χ1v) is 11.2. The van der Waals surface area contributed by atoms with E-state index in [1.807, 2.05) is 6.20 Å². The molecule has 0 amide bonds. The number of rotatable bonds is 8. The zero-order valence-electron chi connectivity index (χ0n) is 15.6. The van der Waals surface area contributed by atoms with Crippen LogP contribution < -0.4 is 4.72 Å². The number of ether oxygens (including phenoxy) is 1. The molecular formula is C17H31N5O3S. The van der Waals surface area contributed by atoms with E-state index in [-0.39, 0.29) is 5.75 Å². The number of aromatic nitrogens is 2. The Morgan fingerprint density at radius 1 is 1.31 bits per heavy atom. The molecule has 3 heterocycles. The Kier molecular flexibility index (Phi) is 7.05. The fourth-order valence-electron chi connectivity index (χ4n) is 3.76. The summed E-state index contributed by atoms with van der Waals surface area (Å²) < 4.78 is 31.2. The van der Waals surface area contributed by atoms with Crippen molar-refractivity contribution >= 4 is 10.0 Å². The van der Waals surface area contributed by atoms with Crippen LogP contribution in [0.15, 0.2) is 6.20 Å². The molecule has 0 bridgehead atoms. The first-order valence-electron chi connectivity index (χ1n) is 9.59. The highest BCUT2D eigenvalue weighted by Gasteiger charge is 2.25. The molecular weight excluding hydrogens is 354 g/mol. The highest BCUT2D eigenvalue weighted by Crippen LogP contribution is 2.28. The predicted molar refractivity (Wildman–Crippen MR) is 101 cm³/mol. The van der Waals surface area contributed by atoms with Crippen molar-refractivity contribution in [2.45, 2.75) is 32.2 Å². The molecule has 2 saturated heterocycles. The Morgan fingerprint density at radius 3 is 2.88 bits per heavy atom. The highest BCUT2D eigenvalue weighted by molar-refractivity contribution is 7.89. The summed E-state index contributed by atoms with van der Waals surface area (Å²) >= 11 is 0. The first kappa shape index (κ1) is 19.8. The topological polar surface area (TPSA) is 90.6 Å². The van der Waals surface area contributed by atoms with Gasteiger partial charge < -0.3 is 9.64 Å². The van der Waals surface area contributed by atoms with Crippen LogP contribution in [0.4, 0.5) is 0 Å². The van der Waals surface area contributed by atoms with E-state index in [0.717, 1.165) is 65.3 Å². The summed E-state index contributed by atoms with van der Waals surface area (Å²) in [4.78, 5) is 4.77. The fraction of sp³-hybridized carbons (Fsp3) is 0.824. The molecule has 8 nitrogen and oxygen atoms in total. The van der Waals surface area contributed by atoms with E-state index in [0.29, 0.717) is 12.5 Å². The SMILES string of the molecule is CCS(=O)(=O)NCCN1CCC[C@H](c2[nH]ncc2CN2CCOCC2)C1. The molecule has 0 spiro atoms. The van der Waals surface area contributed by atoms with Gasteiger partial charge in [-0.1, -0.05) is 0 Å². The lowest BCUT2D eigenvalue weighted by Gasteiger charge is -2.33. The first-order chi connectivity index (χ1) is 12.6. The molecule has 9 heteroatoms. The molecule has 26 heavy (non-hydrogen) atoms. The lowest BCUT2D eigenvalue weighted by Crippen LogP contribution is -2.40. The number of nitrogens with one attached hydrogen (secondary N) is 2. The molecule has 1 atom stereocenters. The molecule has 2 fully saturated rings. The summed E-state index contributed by atoms with van der Waals surface area (Å²) in [6.07, 6.45) is 4.23. The van der Waals surface area contributed by atoms with Crippen LogP contribution in [0, 0.1) is 0 Å². The lowest BCUT2D eigenvalue weighted by molar-refractivity contribution is 0.0340. The maximum atomic E-state index is 11.6. The van der Waals surface area contributed by atoms with Gasteiger partial charge >= 0.3 is 0 Å². The Hall–Kier alpha value is -1.00. The van der Waals surface area contributed by atoms with Crippen molar-refractivity contribution in [3.63, 3.8) is 0 Å². The average Bonchev–Trinajstić information content (AvgIpc) is 3.11. The standard InChI is InChI=1S/C17H31N5O3S/c1-2-26(23,24)19-5-7-21-6-3-4-15(13-21)17-16(12-18-20-17)14-22-8-10-25-11-9-22/h12,15,19H,2-11,13-14H2,1H3,(H,18,20)/t15-/m0/s1. The number of sulfonamides is 1. The Balaban J connectivity index is 1.53. The Morgan fingerprint density at radius 2 is 2.12 bits per heavy atom. The van der Waals surface area contributed by atoms with Crippen LogP contribution in [0.1, 0.15) is 36.9 Å². The van der Waals surface area contributed by atoms with E-state index >= 15 is 0 Å². The number of piperidine rings is 1. The van der Waals surface area contributed by atoms with Gasteiger partial charge in [-0.15, -0.1) is 0 Å². The van der Waals surface area contributed by atoms with Gasteiger partial charge in [-0.05, 0) is 26.3 Å². The molecule has 1 aromatic rings. The van der Waals surface area contributed by atoms with Crippen molar-refractivity contribution in [3.8, 4) is 0 Å². The number of nitrogens with zero attached hydrogens (tertiary/aromatic N) is 3. The van der Waals surface area contributed by atoms with Crippen LogP contribution in [0.5, 0.6) is 0 Å². The summed E-state index contributed by atoms with van der Waals surface area (Å²) in [7, 11) is -3.11. The quantitative estimate of drug-likeness (QED) is 0.672. The summed E-state index contributed by atoms with van der Waals surface area (Å²) in [5.74, 6) is 0.569. The number of hydrogen-bond acceptors (Lipinski definition) is 6. The van der Waals surface area contributed by atoms with Crippen molar-refractivity contribution in [2.24, 2.45) is 0 Å². The molecule has 0 saturated carbocycles. The van der Waals surface area contributed by atoms with Crippen LogP contribution in [0.25, 0.3) is 0 Å². The third-order valence-corrected chi connectivity index (χ3v) is 6.70. The summed E-state index contributed by atoms with van der Waals surface area (Å²) in [5, 5.41) is 7.53. The molecule has 0 aromatic carbocycles. The predicted octanol–water partition coefficient (Wildman–Crippen LogP) is 0.361. The minimum Gasteiger partial charge on any atom is -0.379 e. The van der Waals surface area contributed by atoms with E-state index in [4.69, 9.17) is 4.74 Å². The van der Waals surface area contributed by atoms with E-state index in [1.54, 1.807) is 6.92 Å². The summed E-state index contributed by atoms with van der Waals surface area (Å²) in [6, 6.07) is 0. The van der Waals surface area contributed by atoms with Crippen molar-refractivity contribution in [3.05, 3.63) is 17.5 Å². The van der Waals surface area contributed by atoms with E-state index < -0.39 is 10.0 Å². The molecule has 148 valence electrons. The van der Waals surface area contributed by atoms with Crippen molar-refractivity contribution in [1.29, 1.82) is 0 Å². The van der Waals surface area contributed by atoms with Gasteiger partial charge in [0.05, 0.1) is 25.2 Å². The zero-order chi connectivity index (χ0) is 18.4. The largest absolute Gasteiger partial charge is 0.379 e. The zero-order valence-corrected chi connectivity index (χ0v) is 16.4. The van der Waals surface area contributed by atoms with Gasteiger partial charge in [-0.2, -0.15) is 5.10 Å². The molecule has 1 aromatic heterocycles. The van der Waals surface area contributed by atoms with E-state index in [2.05, 4.69) is 24.7 Å². The summed E-state index contributed by atoms with van der Waals surface area (Å²) in [5.41, 5.74) is 2.53. The van der Waals surface area contributed by atoms with Crippen LogP contribution in [0.3, 0.4) is 0 Å². The van der Waals surface area contributed by atoms with Crippen LogP contribution in [-0.4, -0.2) is 86.7 Å². The molecule has 2 aliphatic heterocycles. The average molecular weight is 386 g/mol. The van der Waals surface area contributed by atoms with Crippen molar-refractivity contribution in [2.75, 3.05) is 58.2 Å². The number of likely N-dealkylation sites (tertiary alicyclic amines) is 1. The second kappa shape index (κ2) is 9.27. The van der Waals surface area contributed by atoms with Gasteiger partial charge in [0.1, 0.15) is 0 Å². The second-order valence-electron chi connectivity index (χ2n) is 7.13. The van der Waals surface area contributed by atoms with Gasteiger partial charge in [0.15, 0.2) is 0 Å². The van der Waals surface area contributed by atoms with Crippen LogP contribution in [-0.2, 0) is 21.3 Å². The minimum atomic E-state index is -3.11. The Labute approximate surface area is 156 Å². The second-order valence-corrected chi connectivity index (χ2v) is 9.23. The maximum absolute atomic E-state index is 11.6. The van der Waals surface area contributed by atoms with Crippen molar-refractivity contribution < 1.29 is 13.2 Å². The molecule has 0 unspecified atom stereocenters. The normalized spacial score (nSPS) is 23.3. The molecule has 0 radical (unpaired) electrons. The smallest absolute Gasteiger partial charge is 0.211 e. The number of hydrogen-bond donors (Lipinski definition) is 2. The third kappa shape index (κ3) is 5.50. The molecule has 3 rings (SSSR count). The lowest BCUT2D eigenvalue weighted by atomic mass is 9.92. The molecule has 2 N–H and O–H groups in total. The highest BCUT2D eigenvalue weighted by atomic mass is 32.2. The number of morpholine rings is 1. The van der Waals surface area contributed by atoms with E-state index in [1.165, 1.54) is 11.3 Å². The molecule has 0 aliphatic carbocycles. The minimum absolute atomic E-state index is 0.134. The number of aromatic amines is 1. The van der Waals surface area contributed by atoms with Gasteiger partial charge in [0, 0.05) is 56.4 Å². The van der Waals surface area contributed by atoms with Crippen LogP contribution >= 0.6 is 0 Å². The Bertz CT molecular complexity index is 657. The van der Waals surface area contributed by atoms with Gasteiger partial charge in [0.25, 0.3) is 0 Å². The molecule has 2 aliphatic rings. The summed E-state index contributed by atoms with van der Waals surface area (Å²) in [6.45, 7) is 9.34. The van der Waals surface area contributed by atoms with Gasteiger partial charge in [-0.3, -0.25) is 10.00 Å². The van der Waals surface area contributed by atoms with Crippen molar-refractivity contribution in [1.82, 2.24) is 24.7 Å². The van der Waals surface area contributed by atoms with Crippen LogP contribution in [0.2, 0.25) is 0 Å². The van der Waals surface area contributed by atoms with E-state index in [9.17, 15) is 8.42 Å².